The first-order valence-electron chi connectivity index (χ1n) is 7.18. The van der Waals surface area contributed by atoms with E-state index in [1.165, 1.54) is 12.8 Å². The Morgan fingerprint density at radius 3 is 2.60 bits per heavy atom. The van der Waals surface area contributed by atoms with E-state index in [4.69, 9.17) is 11.6 Å². The second kappa shape index (κ2) is 10.3. The van der Waals surface area contributed by atoms with E-state index >= 15 is 0 Å². The van der Waals surface area contributed by atoms with Crippen LogP contribution in [0.5, 0.6) is 0 Å². The molecule has 0 aliphatic heterocycles. The molecule has 20 heavy (non-hydrogen) atoms. The monoisotopic (exact) mass is 291 g/mol. The standard InChI is InChI=1S/C17H22ClNO/c1-2-3-4-5-6-7-8-9-14-17(20)19-16-13-11-10-12-15(16)18/h10-13H,4-9,14H2,1H3,(H,19,20). The van der Waals surface area contributed by atoms with Gasteiger partial charge in [-0.1, -0.05) is 43.0 Å². The first-order chi connectivity index (χ1) is 9.74. The normalized spacial score (nSPS) is 9.70. The Morgan fingerprint density at radius 2 is 1.85 bits per heavy atom. The zero-order valence-electron chi connectivity index (χ0n) is 12.0. The fourth-order valence-corrected chi connectivity index (χ4v) is 2.11. The molecule has 1 aromatic carbocycles. The van der Waals surface area contributed by atoms with Crippen molar-refractivity contribution >= 4 is 23.2 Å². The van der Waals surface area contributed by atoms with Gasteiger partial charge in [-0.2, -0.15) is 0 Å². The third kappa shape index (κ3) is 7.21. The molecule has 0 spiro atoms. The van der Waals surface area contributed by atoms with Gasteiger partial charge in [0.2, 0.25) is 5.91 Å². The molecule has 2 nitrogen and oxygen atoms in total. The molecule has 3 heteroatoms. The van der Waals surface area contributed by atoms with Crippen molar-refractivity contribution in [2.45, 2.75) is 51.9 Å². The van der Waals surface area contributed by atoms with Crippen LogP contribution in [0.15, 0.2) is 24.3 Å². The summed E-state index contributed by atoms with van der Waals surface area (Å²) in [6, 6.07) is 7.30. The lowest BCUT2D eigenvalue weighted by Crippen LogP contribution is -2.11. The fraction of sp³-hybridized carbons (Fsp3) is 0.471. The summed E-state index contributed by atoms with van der Waals surface area (Å²) in [5.41, 5.74) is 0.692. The van der Waals surface area contributed by atoms with Gasteiger partial charge >= 0.3 is 0 Å². The average Bonchev–Trinajstić information content (AvgIpc) is 2.44. The number of benzene rings is 1. The van der Waals surface area contributed by atoms with E-state index in [0.29, 0.717) is 17.1 Å². The summed E-state index contributed by atoms with van der Waals surface area (Å²) in [6.07, 6.45) is 7.09. The highest BCUT2D eigenvalue weighted by atomic mass is 35.5. The van der Waals surface area contributed by atoms with Crippen LogP contribution in [0, 0.1) is 11.8 Å². The predicted molar refractivity (Wildman–Crippen MR) is 85.9 cm³/mol. The number of carbonyl (C=O) groups is 1. The van der Waals surface area contributed by atoms with Gasteiger partial charge < -0.3 is 5.32 Å². The second-order valence-electron chi connectivity index (χ2n) is 4.72. The van der Waals surface area contributed by atoms with Gasteiger partial charge in [0, 0.05) is 12.8 Å². The number of carbonyl (C=O) groups excluding carboxylic acids is 1. The number of halogens is 1. The summed E-state index contributed by atoms with van der Waals surface area (Å²) in [5.74, 6) is 6.00. The molecule has 1 N–H and O–H groups in total. The molecular formula is C17H22ClNO. The SMILES string of the molecule is CC#CCCCCCCCC(=O)Nc1ccccc1Cl. The lowest BCUT2D eigenvalue weighted by Gasteiger charge is -2.06. The van der Waals surface area contributed by atoms with Crippen LogP contribution in [-0.2, 0) is 4.79 Å². The van der Waals surface area contributed by atoms with Crippen LogP contribution < -0.4 is 5.32 Å². The lowest BCUT2D eigenvalue weighted by molar-refractivity contribution is -0.116. The molecule has 0 aliphatic rings. The van der Waals surface area contributed by atoms with Crippen molar-refractivity contribution in [3.8, 4) is 11.8 Å². The van der Waals surface area contributed by atoms with Gasteiger partial charge in [0.1, 0.15) is 0 Å². The first kappa shape index (κ1) is 16.6. The Bertz CT molecular complexity index is 473. The van der Waals surface area contributed by atoms with Crippen molar-refractivity contribution in [3.63, 3.8) is 0 Å². The molecule has 0 atom stereocenters. The molecule has 0 saturated heterocycles. The van der Waals surface area contributed by atoms with Crippen LogP contribution in [0.3, 0.4) is 0 Å². The number of hydrogen-bond donors (Lipinski definition) is 1. The van der Waals surface area contributed by atoms with Crippen molar-refractivity contribution in [3.05, 3.63) is 29.3 Å². The van der Waals surface area contributed by atoms with E-state index in [-0.39, 0.29) is 5.91 Å². The van der Waals surface area contributed by atoms with Crippen LogP contribution in [0.1, 0.15) is 51.9 Å². The largest absolute Gasteiger partial charge is 0.325 e. The average molecular weight is 292 g/mol. The highest BCUT2D eigenvalue weighted by Gasteiger charge is 2.04. The third-order valence-electron chi connectivity index (χ3n) is 3.03. The summed E-state index contributed by atoms with van der Waals surface area (Å²) in [4.78, 5) is 11.8. The quantitative estimate of drug-likeness (QED) is 0.528. The molecule has 0 bridgehead atoms. The van der Waals surface area contributed by atoms with Crippen molar-refractivity contribution in [2.75, 3.05) is 5.32 Å². The number of para-hydroxylation sites is 1. The molecule has 0 aliphatic carbocycles. The molecule has 0 unspecified atom stereocenters. The second-order valence-corrected chi connectivity index (χ2v) is 5.13. The minimum Gasteiger partial charge on any atom is -0.325 e. The van der Waals surface area contributed by atoms with Crippen LogP contribution in [0.4, 0.5) is 5.69 Å². The number of rotatable bonds is 8. The Hall–Kier alpha value is -1.46. The highest BCUT2D eigenvalue weighted by Crippen LogP contribution is 2.20. The maximum Gasteiger partial charge on any atom is 0.224 e. The van der Waals surface area contributed by atoms with Crippen LogP contribution in [0.2, 0.25) is 5.02 Å². The molecule has 0 heterocycles. The summed E-state index contributed by atoms with van der Waals surface area (Å²) in [5, 5.41) is 3.42. The molecule has 0 radical (unpaired) electrons. The molecule has 0 fully saturated rings. The number of unbranched alkanes of at least 4 members (excludes halogenated alkanes) is 5. The van der Waals surface area contributed by atoms with E-state index in [1.54, 1.807) is 6.07 Å². The Balaban J connectivity index is 2.08. The van der Waals surface area contributed by atoms with Crippen molar-refractivity contribution in [1.29, 1.82) is 0 Å². The highest BCUT2D eigenvalue weighted by molar-refractivity contribution is 6.33. The predicted octanol–water partition coefficient (Wildman–Crippen LogP) is 5.03. The molecular weight excluding hydrogens is 270 g/mol. The van der Waals surface area contributed by atoms with E-state index in [1.807, 2.05) is 25.1 Å². The fourth-order valence-electron chi connectivity index (χ4n) is 1.93. The van der Waals surface area contributed by atoms with Gasteiger partial charge in [-0.25, -0.2) is 0 Å². The van der Waals surface area contributed by atoms with Crippen molar-refractivity contribution in [1.82, 2.24) is 0 Å². The minimum absolute atomic E-state index is 0.0370. The summed E-state index contributed by atoms with van der Waals surface area (Å²) < 4.78 is 0. The van der Waals surface area contributed by atoms with Gasteiger partial charge in [-0.15, -0.1) is 11.8 Å². The van der Waals surface area contributed by atoms with Crippen LogP contribution in [0.25, 0.3) is 0 Å². The molecule has 108 valence electrons. The number of nitrogens with one attached hydrogen (secondary N) is 1. The lowest BCUT2D eigenvalue weighted by atomic mass is 10.1. The molecule has 1 rings (SSSR count). The number of anilines is 1. The first-order valence-corrected chi connectivity index (χ1v) is 7.56. The van der Waals surface area contributed by atoms with E-state index < -0.39 is 0 Å². The Labute approximate surface area is 126 Å². The van der Waals surface area contributed by atoms with E-state index in [9.17, 15) is 4.79 Å². The van der Waals surface area contributed by atoms with E-state index in [2.05, 4.69) is 17.2 Å². The molecule has 0 aromatic heterocycles. The topological polar surface area (TPSA) is 29.1 Å². The van der Waals surface area contributed by atoms with Gasteiger partial charge in [0.25, 0.3) is 0 Å². The zero-order chi connectivity index (χ0) is 14.6. The van der Waals surface area contributed by atoms with Gasteiger partial charge in [-0.3, -0.25) is 4.79 Å². The maximum atomic E-state index is 11.8. The van der Waals surface area contributed by atoms with Crippen LogP contribution in [-0.4, -0.2) is 5.91 Å². The number of amides is 1. The van der Waals surface area contributed by atoms with Gasteiger partial charge in [-0.05, 0) is 31.9 Å². The van der Waals surface area contributed by atoms with Gasteiger partial charge in [0.15, 0.2) is 0 Å². The molecule has 1 aromatic rings. The van der Waals surface area contributed by atoms with Gasteiger partial charge in [0.05, 0.1) is 10.7 Å². The number of hydrogen-bond acceptors (Lipinski definition) is 1. The Kier molecular flexibility index (Phi) is 8.58. The summed E-state index contributed by atoms with van der Waals surface area (Å²) in [7, 11) is 0. The summed E-state index contributed by atoms with van der Waals surface area (Å²) in [6.45, 7) is 1.87. The third-order valence-corrected chi connectivity index (χ3v) is 3.36. The zero-order valence-corrected chi connectivity index (χ0v) is 12.8. The smallest absolute Gasteiger partial charge is 0.224 e. The minimum atomic E-state index is 0.0370. The van der Waals surface area contributed by atoms with Crippen LogP contribution >= 0.6 is 11.6 Å². The molecule has 0 saturated carbocycles. The Morgan fingerprint density at radius 1 is 1.15 bits per heavy atom. The maximum absolute atomic E-state index is 11.8. The summed E-state index contributed by atoms with van der Waals surface area (Å²) >= 11 is 5.99. The van der Waals surface area contributed by atoms with Crippen molar-refractivity contribution < 1.29 is 4.79 Å². The molecule has 1 amide bonds. The van der Waals surface area contributed by atoms with E-state index in [0.717, 1.165) is 25.7 Å². The van der Waals surface area contributed by atoms with Crippen molar-refractivity contribution in [2.24, 2.45) is 0 Å².